The zero-order valence-electron chi connectivity index (χ0n) is 24.5. The summed E-state index contributed by atoms with van der Waals surface area (Å²) in [4.78, 5) is 29.2. The molecule has 2 aromatic heterocycles. The van der Waals surface area contributed by atoms with E-state index in [1.807, 2.05) is 0 Å². The number of nitrogens with zero attached hydrogens (tertiary/aromatic N) is 4. The number of aliphatic hydroxyl groups is 3. The molecule has 22 heteroatoms. The smallest absolute Gasteiger partial charge is 0.469 e. The number of sulfone groups is 1. The van der Waals surface area contributed by atoms with Gasteiger partial charge in [-0.3, -0.25) is 9.09 Å². The van der Waals surface area contributed by atoms with Crippen molar-refractivity contribution in [3.63, 3.8) is 0 Å². The van der Waals surface area contributed by atoms with E-state index in [1.165, 1.54) is 17.2 Å². The Labute approximate surface area is 256 Å². The van der Waals surface area contributed by atoms with Crippen molar-refractivity contribution in [2.75, 3.05) is 55.4 Å². The third-order valence-electron chi connectivity index (χ3n) is 4.91. The fraction of sp³-hybridized carbons (Fsp3) is 0.762. The highest BCUT2D eigenvalue weighted by Gasteiger charge is 2.45. The molecule has 2 aliphatic heterocycles. The molecule has 43 heavy (non-hydrogen) atoms. The average Bonchev–Trinajstić information content (AvgIpc) is 3.56. The second-order valence-corrected chi connectivity index (χ2v) is 15.9. The van der Waals surface area contributed by atoms with Crippen LogP contribution >= 0.6 is 7.82 Å². The zero-order valence-corrected chi connectivity index (χ0v) is 27.8. The number of anilines is 1. The van der Waals surface area contributed by atoms with Gasteiger partial charge >= 0.3 is 7.82 Å². The minimum atomic E-state index is -4.72. The van der Waals surface area contributed by atoms with Crippen molar-refractivity contribution in [2.45, 2.75) is 50.4 Å². The number of nitrogens with two attached hydrogens (primary N) is 2. The largest absolute Gasteiger partial charge is 0.617 e. The molecule has 0 saturated carbocycles. The molecule has 2 fully saturated rings. The van der Waals surface area contributed by atoms with E-state index < -0.39 is 71.2 Å². The number of hydrogen-bond donors (Lipinski definition) is 7. The molecule has 5 atom stereocenters. The Bertz CT molecular complexity index is 1190. The first-order valence-corrected chi connectivity index (χ1v) is 19.7. The van der Waals surface area contributed by atoms with Crippen molar-refractivity contribution in [3.8, 4) is 0 Å². The van der Waals surface area contributed by atoms with Crippen LogP contribution in [0.5, 0.6) is 0 Å². The molecule has 0 radical (unpaired) electrons. The van der Waals surface area contributed by atoms with Crippen LogP contribution < -0.4 is 11.5 Å². The third-order valence-corrected chi connectivity index (χ3v) is 7.21. The molecule has 2 aromatic rings. The molecule has 2 aliphatic rings. The highest BCUT2D eigenvalue weighted by Crippen LogP contribution is 2.38. The summed E-state index contributed by atoms with van der Waals surface area (Å²) in [6.07, 6.45) is 5.48. The Morgan fingerprint density at radius 2 is 1.60 bits per heavy atom. The monoisotopic (exact) mass is 698 g/mol. The van der Waals surface area contributed by atoms with E-state index in [0.717, 1.165) is 12.8 Å². The number of rotatable bonds is 5. The van der Waals surface area contributed by atoms with Gasteiger partial charge in [0.25, 0.3) is 0 Å². The van der Waals surface area contributed by atoms with Crippen LogP contribution in [-0.4, -0.2) is 136 Å². The van der Waals surface area contributed by atoms with Crippen LogP contribution in [0.3, 0.4) is 0 Å². The van der Waals surface area contributed by atoms with E-state index in [2.05, 4.69) is 19.5 Å². The van der Waals surface area contributed by atoms with Gasteiger partial charge in [-0.2, -0.15) is 0 Å². The molecule has 0 aromatic carbocycles. The number of ether oxygens (including phenoxy) is 1. The fourth-order valence-electron chi connectivity index (χ4n) is 3.07. The summed E-state index contributed by atoms with van der Waals surface area (Å²) < 4.78 is 61.8. The molecule has 0 amide bonds. The maximum atomic E-state index is 10.7. The lowest BCUT2D eigenvalue weighted by Gasteiger charge is -2.16. The van der Waals surface area contributed by atoms with E-state index in [4.69, 9.17) is 31.1 Å². The van der Waals surface area contributed by atoms with Gasteiger partial charge in [0.15, 0.2) is 17.7 Å². The number of phosphoric ester groups is 1. The predicted molar refractivity (Wildman–Crippen MR) is 162 cm³/mol. The summed E-state index contributed by atoms with van der Waals surface area (Å²) in [6, 6.07) is 0. The van der Waals surface area contributed by atoms with Crippen LogP contribution in [0.4, 0.5) is 5.82 Å². The summed E-state index contributed by atoms with van der Waals surface area (Å²) >= 11 is -1.22. The summed E-state index contributed by atoms with van der Waals surface area (Å²) in [5.74, 6) is 0.989. The second kappa shape index (κ2) is 20.1. The number of phosphoric acid groups is 1. The number of aliphatic hydroxyl groups excluding tert-OH is 3. The van der Waals surface area contributed by atoms with Gasteiger partial charge in [0, 0.05) is 6.54 Å². The Balaban J connectivity index is 0.000000715. The molecule has 9 N–H and O–H groups in total. The molecule has 2 saturated heterocycles. The first kappa shape index (κ1) is 41.8. The number of aromatic nitrogens is 4. The maximum Gasteiger partial charge on any atom is 0.469 e. The van der Waals surface area contributed by atoms with E-state index in [1.54, 1.807) is 31.9 Å². The van der Waals surface area contributed by atoms with Crippen LogP contribution in [0, 0.1) is 0 Å². The zero-order chi connectivity index (χ0) is 33.5. The van der Waals surface area contributed by atoms with Gasteiger partial charge in [-0.15, -0.1) is 0 Å². The third kappa shape index (κ3) is 17.8. The Kier molecular flexibility index (Phi) is 19.5. The van der Waals surface area contributed by atoms with Crippen molar-refractivity contribution in [2.24, 2.45) is 5.73 Å². The summed E-state index contributed by atoms with van der Waals surface area (Å²) in [6.45, 7) is 1.42. The first-order chi connectivity index (χ1) is 19.7. The van der Waals surface area contributed by atoms with E-state index in [0.29, 0.717) is 23.6 Å². The van der Waals surface area contributed by atoms with Gasteiger partial charge in [-0.25, -0.2) is 27.9 Å². The van der Waals surface area contributed by atoms with Gasteiger partial charge < -0.3 is 50.4 Å². The fourth-order valence-corrected chi connectivity index (χ4v) is 4.90. The molecule has 18 nitrogen and oxygen atoms in total. The second-order valence-electron chi connectivity index (χ2n) is 9.34. The normalized spacial score (nSPS) is 23.2. The van der Waals surface area contributed by atoms with Crippen molar-refractivity contribution < 1.29 is 56.5 Å². The van der Waals surface area contributed by atoms with Gasteiger partial charge in [0.1, 0.15) is 40.0 Å². The highest BCUT2D eigenvalue weighted by atomic mass is 32.2. The molecule has 1 unspecified atom stereocenters. The maximum absolute atomic E-state index is 10.7. The van der Waals surface area contributed by atoms with Gasteiger partial charge in [0.05, 0.1) is 55.6 Å². The van der Waals surface area contributed by atoms with Crippen LogP contribution in [0.15, 0.2) is 12.7 Å². The number of nitrogen functional groups attached to an aromatic ring is 1. The molecule has 0 aliphatic carbocycles. The molecule has 0 bridgehead atoms. The van der Waals surface area contributed by atoms with Gasteiger partial charge in [0.2, 0.25) is 0 Å². The van der Waals surface area contributed by atoms with Crippen molar-refractivity contribution >= 4 is 57.0 Å². The minimum Gasteiger partial charge on any atom is -0.617 e. The Morgan fingerprint density at radius 1 is 1.12 bits per heavy atom. The van der Waals surface area contributed by atoms with Gasteiger partial charge in [-0.1, -0.05) is 22.4 Å². The summed E-state index contributed by atoms with van der Waals surface area (Å²) in [5.41, 5.74) is 11.2. The molecular weight excluding hydrogens is 655 g/mol. The van der Waals surface area contributed by atoms with Crippen LogP contribution in [0.2, 0.25) is 0 Å². The van der Waals surface area contributed by atoms with Crippen molar-refractivity contribution in [3.05, 3.63) is 12.7 Å². The lowest BCUT2D eigenvalue weighted by molar-refractivity contribution is -0.0504. The minimum absolute atomic E-state index is 0.142. The van der Waals surface area contributed by atoms with Crippen LogP contribution in [0.25, 0.3) is 11.2 Å². The Hall–Kier alpha value is -1.17. The number of imidazole rings is 1. The molecular formula is C21H43N6O12PS3. The van der Waals surface area contributed by atoms with E-state index >= 15 is 0 Å². The van der Waals surface area contributed by atoms with Gasteiger partial charge in [-0.05, 0) is 19.8 Å². The summed E-state index contributed by atoms with van der Waals surface area (Å²) in [7, 11) is -7.27. The predicted octanol–water partition coefficient (Wildman–Crippen LogP) is -2.35. The van der Waals surface area contributed by atoms with Crippen molar-refractivity contribution in [1.82, 2.24) is 19.5 Å². The topological polar surface area (TPSA) is 313 Å². The van der Waals surface area contributed by atoms with Crippen LogP contribution in [-0.2, 0) is 46.0 Å². The SMILES string of the molecule is CC(O)CN.C[S+](C)[O-].C[S+](C)[O-].Nc1ncnc2c1ncn2[C@@H]1O[C@H](COP(=O)(O)O)[C@@H](O)[C@H]1O.O=S1(=O)CCCC1. The van der Waals surface area contributed by atoms with Crippen LogP contribution in [0.1, 0.15) is 26.0 Å². The lowest BCUT2D eigenvalue weighted by Crippen LogP contribution is -2.33. The lowest BCUT2D eigenvalue weighted by atomic mass is 10.1. The standard InChI is InChI=1S/C10H14N5O7P.C4H8O2S.C3H9NO.2C2H6OS/c11-8-5-9(13-2-12-8)15(3-14-5)10-7(17)6(16)4(22-10)1-21-23(18,19)20;5-7(6)3-1-2-4-7;1-3(5)2-4;2*1-4(2)3/h2-4,6-7,10,16-17H,1H2,(H2,11,12,13)(H2,18,19,20);1-4H2;3,5H,2,4H2,1H3;2*1-2H3/t4-,6-,7-,10-;;;;/m1..../s1. The number of hydrogen-bond acceptors (Lipinski definition) is 15. The first-order valence-electron chi connectivity index (χ1n) is 12.5. The average molecular weight is 699 g/mol. The molecule has 4 rings (SSSR count). The molecule has 0 spiro atoms. The Morgan fingerprint density at radius 3 is 2.00 bits per heavy atom. The quantitative estimate of drug-likeness (QED) is 0.127. The highest BCUT2D eigenvalue weighted by molar-refractivity contribution is 7.91. The van der Waals surface area contributed by atoms with Crippen molar-refractivity contribution in [1.29, 1.82) is 0 Å². The number of fused-ring (bicyclic) bond motifs is 1. The van der Waals surface area contributed by atoms with E-state index in [-0.39, 0.29) is 17.6 Å². The van der Waals surface area contributed by atoms with E-state index in [9.17, 15) is 32.3 Å². The molecule has 252 valence electrons. The molecule has 4 heterocycles. The summed E-state index contributed by atoms with van der Waals surface area (Å²) in [5, 5.41) is 28.3.